The highest BCUT2D eigenvalue weighted by molar-refractivity contribution is 6.02. The number of imidazole rings is 1. The lowest BCUT2D eigenvalue weighted by atomic mass is 9.85. The summed E-state index contributed by atoms with van der Waals surface area (Å²) in [4.78, 5) is 53.4. The molecule has 0 radical (unpaired) electrons. The Hall–Kier alpha value is -5.72. The first-order valence-corrected chi connectivity index (χ1v) is 14.5. The van der Waals surface area contributed by atoms with Gasteiger partial charge in [-0.25, -0.2) is 19.4 Å². The Morgan fingerprint density at radius 2 is 1.57 bits per heavy atom. The van der Waals surface area contributed by atoms with Crippen LogP contribution in [0.3, 0.4) is 0 Å². The zero-order chi connectivity index (χ0) is 33.2. The Bertz CT molecular complexity index is 1730. The lowest BCUT2D eigenvalue weighted by Gasteiger charge is -2.36. The molecule has 46 heavy (non-hydrogen) atoms. The molecule has 2 atom stereocenters. The smallest absolute Gasteiger partial charge is 0.435 e. The SMILES string of the molecule is COC(=O)N=C(N)c1ccc(CCC(C(N)=NC(=O)OC)C(c2ccc3[nH]c(C)nc3c2)N(CCc2ccccc2)C(=O)O)cc1. The third-order valence-electron chi connectivity index (χ3n) is 7.57. The second-order valence-corrected chi connectivity index (χ2v) is 10.6. The van der Waals surface area contributed by atoms with E-state index in [2.05, 4.69) is 24.7 Å². The summed E-state index contributed by atoms with van der Waals surface area (Å²) in [5.41, 5.74) is 16.9. The van der Waals surface area contributed by atoms with Gasteiger partial charge in [-0.2, -0.15) is 9.98 Å². The molecule has 0 fully saturated rings. The summed E-state index contributed by atoms with van der Waals surface area (Å²) in [7, 11) is 2.40. The zero-order valence-corrected chi connectivity index (χ0v) is 25.8. The maximum Gasteiger partial charge on any atom is 0.435 e. The van der Waals surface area contributed by atoms with E-state index in [0.29, 0.717) is 41.7 Å². The van der Waals surface area contributed by atoms with Crippen molar-refractivity contribution in [3.05, 3.63) is 101 Å². The van der Waals surface area contributed by atoms with Crippen LogP contribution in [0.4, 0.5) is 14.4 Å². The third kappa shape index (κ3) is 8.46. The molecular formula is C33H37N7O6. The van der Waals surface area contributed by atoms with Crippen LogP contribution < -0.4 is 11.5 Å². The van der Waals surface area contributed by atoms with E-state index < -0.39 is 30.2 Å². The van der Waals surface area contributed by atoms with Crippen LogP contribution >= 0.6 is 0 Å². The van der Waals surface area contributed by atoms with Crippen molar-refractivity contribution in [3.8, 4) is 0 Å². The summed E-state index contributed by atoms with van der Waals surface area (Å²) in [6.45, 7) is 1.99. The fraction of sp³-hybridized carbons (Fsp3) is 0.273. The van der Waals surface area contributed by atoms with E-state index in [-0.39, 0.29) is 18.2 Å². The average Bonchev–Trinajstić information content (AvgIpc) is 3.43. The number of amides is 3. The van der Waals surface area contributed by atoms with Gasteiger partial charge in [-0.3, -0.25) is 0 Å². The van der Waals surface area contributed by atoms with Crippen molar-refractivity contribution >= 4 is 41.0 Å². The van der Waals surface area contributed by atoms with Gasteiger partial charge in [-0.05, 0) is 55.0 Å². The lowest BCUT2D eigenvalue weighted by Crippen LogP contribution is -2.43. The molecular weight excluding hydrogens is 590 g/mol. The molecule has 0 aliphatic heterocycles. The number of carboxylic acid groups (broad SMARTS) is 1. The number of carbonyl (C=O) groups is 3. The van der Waals surface area contributed by atoms with E-state index in [1.807, 2.05) is 67.6 Å². The van der Waals surface area contributed by atoms with Crippen molar-refractivity contribution in [1.29, 1.82) is 0 Å². The number of hydrogen-bond donors (Lipinski definition) is 4. The summed E-state index contributed by atoms with van der Waals surface area (Å²) >= 11 is 0. The van der Waals surface area contributed by atoms with Crippen molar-refractivity contribution in [3.63, 3.8) is 0 Å². The normalized spacial score (nSPS) is 13.2. The number of rotatable bonds is 11. The first-order valence-electron chi connectivity index (χ1n) is 14.5. The quantitative estimate of drug-likeness (QED) is 0.131. The van der Waals surface area contributed by atoms with Crippen molar-refractivity contribution in [2.75, 3.05) is 20.8 Å². The van der Waals surface area contributed by atoms with Crippen molar-refractivity contribution in [2.24, 2.45) is 27.4 Å². The highest BCUT2D eigenvalue weighted by Gasteiger charge is 2.35. The molecule has 13 nitrogen and oxygen atoms in total. The van der Waals surface area contributed by atoms with E-state index in [4.69, 9.17) is 16.2 Å². The van der Waals surface area contributed by atoms with Crippen LogP contribution in [0.2, 0.25) is 0 Å². The largest absolute Gasteiger partial charge is 0.465 e. The molecule has 1 aromatic heterocycles. The van der Waals surface area contributed by atoms with Crippen LogP contribution in [0.5, 0.6) is 0 Å². The van der Waals surface area contributed by atoms with Crippen molar-refractivity contribution < 1.29 is 29.0 Å². The maximum absolute atomic E-state index is 13.0. The van der Waals surface area contributed by atoms with Gasteiger partial charge in [0, 0.05) is 18.0 Å². The Morgan fingerprint density at radius 1 is 0.913 bits per heavy atom. The number of nitrogens with zero attached hydrogens (tertiary/aromatic N) is 4. The van der Waals surface area contributed by atoms with Crippen LogP contribution in [0.15, 0.2) is 82.8 Å². The molecule has 4 rings (SSSR count). The van der Waals surface area contributed by atoms with E-state index in [0.717, 1.165) is 16.6 Å². The molecule has 3 amide bonds. The van der Waals surface area contributed by atoms with Crippen LogP contribution in [0.25, 0.3) is 11.0 Å². The number of methoxy groups -OCH3 is 2. The van der Waals surface area contributed by atoms with Gasteiger partial charge >= 0.3 is 18.3 Å². The predicted octanol–water partition coefficient (Wildman–Crippen LogP) is 4.98. The van der Waals surface area contributed by atoms with E-state index in [1.165, 1.54) is 19.1 Å². The summed E-state index contributed by atoms with van der Waals surface area (Å²) in [5.74, 6) is -0.0847. The van der Waals surface area contributed by atoms with Gasteiger partial charge in [0.05, 0.1) is 31.3 Å². The van der Waals surface area contributed by atoms with Gasteiger partial charge in [0.25, 0.3) is 0 Å². The lowest BCUT2D eigenvalue weighted by molar-refractivity contribution is 0.113. The van der Waals surface area contributed by atoms with Gasteiger partial charge in [0.15, 0.2) is 0 Å². The molecule has 1 heterocycles. The van der Waals surface area contributed by atoms with Gasteiger partial charge in [0.1, 0.15) is 17.5 Å². The fourth-order valence-corrected chi connectivity index (χ4v) is 5.29. The number of amidine groups is 2. The molecule has 2 unspecified atom stereocenters. The number of nitrogens with one attached hydrogen (secondary N) is 1. The van der Waals surface area contributed by atoms with Gasteiger partial charge < -0.3 is 35.9 Å². The van der Waals surface area contributed by atoms with Gasteiger partial charge in [-0.1, -0.05) is 60.7 Å². The molecule has 240 valence electrons. The maximum atomic E-state index is 13.0. The van der Waals surface area contributed by atoms with E-state index in [1.54, 1.807) is 12.1 Å². The number of benzene rings is 3. The number of aromatic nitrogens is 2. The van der Waals surface area contributed by atoms with E-state index in [9.17, 15) is 19.5 Å². The highest BCUT2D eigenvalue weighted by atomic mass is 16.5. The molecule has 3 aromatic carbocycles. The molecule has 0 aliphatic carbocycles. The monoisotopic (exact) mass is 627 g/mol. The molecule has 6 N–H and O–H groups in total. The number of nitrogens with two attached hydrogens (primary N) is 2. The minimum absolute atomic E-state index is 0.00491. The molecule has 0 bridgehead atoms. The highest BCUT2D eigenvalue weighted by Crippen LogP contribution is 2.34. The fourth-order valence-electron chi connectivity index (χ4n) is 5.29. The molecule has 0 saturated heterocycles. The first-order chi connectivity index (χ1) is 22.1. The Kier molecular flexibility index (Phi) is 11.1. The standard InChI is InChI=1S/C33H37N7O6/c1-20-36-26-16-14-24(19-27(26)37-20)28(40(33(43)44)18-17-21-7-5-4-6-8-21)25(30(35)39-32(42)46-3)15-11-22-9-12-23(13-10-22)29(34)38-31(41)45-2/h4-10,12-14,16,19,25,28H,11,15,17-18H2,1-3H3,(H,36,37)(H,43,44)(H2,34,38,41)(H2,35,39,42). The van der Waals surface area contributed by atoms with Crippen LogP contribution in [-0.4, -0.2) is 70.7 Å². The molecule has 0 saturated carbocycles. The number of fused-ring (bicyclic) bond motifs is 1. The van der Waals surface area contributed by atoms with E-state index >= 15 is 0 Å². The minimum Gasteiger partial charge on any atom is -0.465 e. The van der Waals surface area contributed by atoms with Crippen LogP contribution in [0.1, 0.15) is 40.5 Å². The third-order valence-corrected chi connectivity index (χ3v) is 7.57. The molecule has 4 aromatic rings. The predicted molar refractivity (Wildman–Crippen MR) is 174 cm³/mol. The zero-order valence-electron chi connectivity index (χ0n) is 25.8. The summed E-state index contributed by atoms with van der Waals surface area (Å²) < 4.78 is 9.29. The van der Waals surface area contributed by atoms with Crippen molar-refractivity contribution in [2.45, 2.75) is 32.2 Å². The van der Waals surface area contributed by atoms with Gasteiger partial charge in [0.2, 0.25) is 0 Å². The molecule has 0 spiro atoms. The number of ether oxygens (including phenoxy) is 2. The van der Waals surface area contributed by atoms with Gasteiger partial charge in [-0.15, -0.1) is 0 Å². The topological polar surface area (TPSA) is 199 Å². The Balaban J connectivity index is 1.75. The Morgan fingerprint density at radius 3 is 2.22 bits per heavy atom. The van der Waals surface area contributed by atoms with Crippen LogP contribution in [-0.2, 0) is 22.3 Å². The second-order valence-electron chi connectivity index (χ2n) is 10.6. The number of aryl methyl sites for hydroxylation is 2. The average molecular weight is 628 g/mol. The second kappa shape index (κ2) is 15.3. The van der Waals surface area contributed by atoms with Crippen molar-refractivity contribution in [1.82, 2.24) is 14.9 Å². The number of hydrogen-bond acceptors (Lipinski definition) is 6. The summed E-state index contributed by atoms with van der Waals surface area (Å²) in [6.07, 6.45) is -1.66. The minimum atomic E-state index is -1.15. The molecule has 0 aliphatic rings. The van der Waals surface area contributed by atoms with Crippen LogP contribution in [0, 0.1) is 12.8 Å². The number of carbonyl (C=O) groups excluding carboxylic acids is 2. The molecule has 13 heteroatoms. The number of aliphatic imine (C=N–C) groups is 2. The number of H-pyrrole nitrogens is 1. The number of aromatic amines is 1. The first kappa shape index (κ1) is 33.2. The Labute approximate surface area is 266 Å². The summed E-state index contributed by atoms with van der Waals surface area (Å²) in [6, 6.07) is 21.3. The summed E-state index contributed by atoms with van der Waals surface area (Å²) in [5, 5.41) is 10.6.